The van der Waals surface area contributed by atoms with E-state index in [1.54, 1.807) is 0 Å². The van der Waals surface area contributed by atoms with Crippen molar-refractivity contribution < 1.29 is 0 Å². The van der Waals surface area contributed by atoms with Gasteiger partial charge in [-0.15, -0.1) is 0 Å². The van der Waals surface area contributed by atoms with Crippen LogP contribution >= 0.6 is 0 Å². The van der Waals surface area contributed by atoms with Gasteiger partial charge in [0.25, 0.3) is 0 Å². The van der Waals surface area contributed by atoms with Gasteiger partial charge in [0, 0.05) is 40.0 Å². The van der Waals surface area contributed by atoms with Gasteiger partial charge in [0.15, 0.2) is 5.82 Å². The number of nitrogens with zero attached hydrogens (tertiary/aromatic N) is 3. The van der Waals surface area contributed by atoms with Gasteiger partial charge in [-0.25, -0.2) is 9.97 Å². The summed E-state index contributed by atoms with van der Waals surface area (Å²) in [5.74, 6) is 0.697. The Morgan fingerprint density at radius 2 is 0.694 bits per heavy atom. The summed E-state index contributed by atoms with van der Waals surface area (Å²) in [5, 5.41) is 12.6. The molecule has 62 heavy (non-hydrogen) atoms. The van der Waals surface area contributed by atoms with Crippen LogP contribution in [0.2, 0.25) is 0 Å². The SMILES string of the molecule is c1ccc(-c2nc(-c3ccc(-c4ccc(-c5cc6c7ccccc7c7ccccc7c6c6ccccc56)cc4)cc3)cc(-c3ccc(-c4cncc5ccccc45)cc3)n2)cc1. The summed E-state index contributed by atoms with van der Waals surface area (Å²) in [6, 6.07) is 76.0. The Morgan fingerprint density at radius 3 is 1.31 bits per heavy atom. The maximum atomic E-state index is 5.11. The van der Waals surface area contributed by atoms with Gasteiger partial charge in [-0.1, -0.05) is 200 Å². The fraction of sp³-hybridized carbons (Fsp3) is 0. The molecule has 0 bridgehead atoms. The Hall–Kier alpha value is -8.27. The van der Waals surface area contributed by atoms with E-state index in [-0.39, 0.29) is 0 Å². The molecule has 2 heterocycles. The maximum Gasteiger partial charge on any atom is 0.160 e. The first-order valence-corrected chi connectivity index (χ1v) is 21.1. The predicted molar refractivity (Wildman–Crippen MR) is 260 cm³/mol. The molecule has 0 aliphatic heterocycles. The van der Waals surface area contributed by atoms with E-state index in [0.717, 1.165) is 55.7 Å². The molecule has 0 radical (unpaired) electrons. The highest BCUT2D eigenvalue weighted by Gasteiger charge is 2.16. The van der Waals surface area contributed by atoms with Crippen LogP contribution in [0.4, 0.5) is 0 Å². The van der Waals surface area contributed by atoms with Gasteiger partial charge < -0.3 is 0 Å². The van der Waals surface area contributed by atoms with E-state index in [1.165, 1.54) is 59.6 Å². The largest absolute Gasteiger partial charge is 0.263 e. The zero-order valence-electron chi connectivity index (χ0n) is 33.7. The van der Waals surface area contributed by atoms with Crippen LogP contribution in [0.3, 0.4) is 0 Å². The molecule has 0 spiro atoms. The number of benzene rings is 10. The van der Waals surface area contributed by atoms with Gasteiger partial charge >= 0.3 is 0 Å². The molecule has 0 saturated heterocycles. The Balaban J connectivity index is 0.894. The molecule has 3 nitrogen and oxygen atoms in total. The van der Waals surface area contributed by atoms with Crippen LogP contribution in [0.1, 0.15) is 0 Å². The summed E-state index contributed by atoms with van der Waals surface area (Å²) < 4.78 is 0. The number of hydrogen-bond donors (Lipinski definition) is 0. The Labute approximate surface area is 359 Å². The van der Waals surface area contributed by atoms with E-state index in [0.29, 0.717) is 5.82 Å². The van der Waals surface area contributed by atoms with Crippen molar-refractivity contribution >= 4 is 53.9 Å². The number of fused-ring (bicyclic) bond motifs is 9. The van der Waals surface area contributed by atoms with Crippen molar-refractivity contribution in [3.05, 3.63) is 225 Å². The lowest BCUT2D eigenvalue weighted by Crippen LogP contribution is -1.96. The number of aromatic nitrogens is 3. The highest BCUT2D eigenvalue weighted by molar-refractivity contribution is 6.33. The number of hydrogen-bond acceptors (Lipinski definition) is 3. The van der Waals surface area contributed by atoms with E-state index in [9.17, 15) is 0 Å². The Bertz CT molecular complexity index is 3650. The standard InChI is InChI=1S/C59H37N3/c1-2-12-44(13-3-1)59-61-56(35-57(62-59)43-32-28-41(29-33-43)55-37-60-36-45-14-4-5-15-46(45)55)42-30-24-39(25-31-42)38-22-26-40(27-23-38)53-34-54-49-18-7-6-16-47(49)48-17-8-10-20-51(48)58(54)52-21-11-9-19-50(52)53/h1-37H. The normalized spacial score (nSPS) is 11.5. The van der Waals surface area contributed by atoms with Crippen LogP contribution < -0.4 is 0 Å². The molecule has 0 N–H and O–H groups in total. The monoisotopic (exact) mass is 787 g/mol. The number of pyridine rings is 1. The molecule has 0 fully saturated rings. The molecule has 0 atom stereocenters. The van der Waals surface area contributed by atoms with Crippen molar-refractivity contribution in [3.63, 3.8) is 0 Å². The van der Waals surface area contributed by atoms with Crippen molar-refractivity contribution in [3.8, 4) is 67.3 Å². The fourth-order valence-corrected chi connectivity index (χ4v) is 9.31. The average molecular weight is 788 g/mol. The van der Waals surface area contributed by atoms with Crippen molar-refractivity contribution in [1.82, 2.24) is 15.0 Å². The summed E-state index contributed by atoms with van der Waals surface area (Å²) in [4.78, 5) is 14.7. The molecule has 10 aromatic carbocycles. The molecule has 0 aliphatic carbocycles. The van der Waals surface area contributed by atoms with Gasteiger partial charge in [0.1, 0.15) is 0 Å². The molecule has 3 heteroatoms. The third-order valence-electron chi connectivity index (χ3n) is 12.4. The summed E-state index contributed by atoms with van der Waals surface area (Å²) in [5.41, 5.74) is 11.8. The zero-order valence-corrected chi connectivity index (χ0v) is 33.7. The topological polar surface area (TPSA) is 38.7 Å². The minimum absolute atomic E-state index is 0.697. The molecule has 0 saturated carbocycles. The predicted octanol–water partition coefficient (Wildman–Crippen LogP) is 15.6. The Morgan fingerprint density at radius 1 is 0.258 bits per heavy atom. The first-order valence-electron chi connectivity index (χ1n) is 21.1. The van der Waals surface area contributed by atoms with Gasteiger partial charge in [-0.05, 0) is 88.4 Å². The summed E-state index contributed by atoms with van der Waals surface area (Å²) in [6.45, 7) is 0. The van der Waals surface area contributed by atoms with Crippen LogP contribution in [-0.2, 0) is 0 Å². The van der Waals surface area contributed by atoms with E-state index in [1.807, 2.05) is 30.6 Å². The zero-order chi connectivity index (χ0) is 41.0. The maximum absolute atomic E-state index is 5.11. The molecule has 12 aromatic rings. The van der Waals surface area contributed by atoms with Crippen LogP contribution in [0.25, 0.3) is 121 Å². The molecule has 12 rings (SSSR count). The van der Waals surface area contributed by atoms with E-state index < -0.39 is 0 Å². The van der Waals surface area contributed by atoms with Gasteiger partial charge in [-0.2, -0.15) is 0 Å². The van der Waals surface area contributed by atoms with Crippen molar-refractivity contribution in [2.45, 2.75) is 0 Å². The summed E-state index contributed by atoms with van der Waals surface area (Å²) >= 11 is 0. The van der Waals surface area contributed by atoms with Crippen LogP contribution in [0.5, 0.6) is 0 Å². The van der Waals surface area contributed by atoms with Crippen molar-refractivity contribution in [2.24, 2.45) is 0 Å². The van der Waals surface area contributed by atoms with E-state index in [2.05, 4.69) is 199 Å². The van der Waals surface area contributed by atoms with Crippen LogP contribution in [-0.4, -0.2) is 15.0 Å². The van der Waals surface area contributed by atoms with Gasteiger partial charge in [-0.3, -0.25) is 4.98 Å². The highest BCUT2D eigenvalue weighted by Crippen LogP contribution is 2.43. The second-order valence-electron chi connectivity index (χ2n) is 16.0. The average Bonchev–Trinajstić information content (AvgIpc) is 3.36. The second-order valence-corrected chi connectivity index (χ2v) is 16.0. The Kier molecular flexibility index (Phi) is 8.50. The third kappa shape index (κ3) is 6.10. The van der Waals surface area contributed by atoms with Crippen molar-refractivity contribution in [2.75, 3.05) is 0 Å². The van der Waals surface area contributed by atoms with E-state index >= 15 is 0 Å². The molecule has 2 aromatic heterocycles. The highest BCUT2D eigenvalue weighted by atomic mass is 14.9. The molecule has 288 valence electrons. The molecular formula is C59H37N3. The molecule has 0 amide bonds. The summed E-state index contributed by atoms with van der Waals surface area (Å²) in [7, 11) is 0. The lowest BCUT2D eigenvalue weighted by Gasteiger charge is -2.16. The quantitative estimate of drug-likeness (QED) is 0.158. The van der Waals surface area contributed by atoms with Gasteiger partial charge in [0.2, 0.25) is 0 Å². The smallest absolute Gasteiger partial charge is 0.160 e. The molecule has 0 unspecified atom stereocenters. The first-order chi connectivity index (χ1) is 30.7. The lowest BCUT2D eigenvalue weighted by molar-refractivity contribution is 1.18. The first kappa shape index (κ1) is 35.7. The second kappa shape index (κ2) is 14.8. The fourth-order valence-electron chi connectivity index (χ4n) is 9.31. The number of rotatable bonds is 6. The third-order valence-corrected chi connectivity index (χ3v) is 12.4. The minimum Gasteiger partial charge on any atom is -0.263 e. The van der Waals surface area contributed by atoms with Crippen molar-refractivity contribution in [1.29, 1.82) is 0 Å². The summed E-state index contributed by atoms with van der Waals surface area (Å²) in [6.07, 6.45) is 3.86. The van der Waals surface area contributed by atoms with Crippen LogP contribution in [0, 0.1) is 0 Å². The lowest BCUT2D eigenvalue weighted by atomic mass is 9.87. The van der Waals surface area contributed by atoms with Crippen LogP contribution in [0.15, 0.2) is 225 Å². The molecular weight excluding hydrogens is 751 g/mol. The molecule has 0 aliphatic rings. The van der Waals surface area contributed by atoms with E-state index in [4.69, 9.17) is 9.97 Å². The van der Waals surface area contributed by atoms with Gasteiger partial charge in [0.05, 0.1) is 11.4 Å². The minimum atomic E-state index is 0.697.